The Morgan fingerprint density at radius 2 is 1.52 bits per heavy atom. The lowest BCUT2D eigenvalue weighted by Gasteiger charge is -2.20. The highest BCUT2D eigenvalue weighted by Gasteiger charge is 2.32. The zero-order chi connectivity index (χ0) is 33.6. The van der Waals surface area contributed by atoms with Gasteiger partial charge in [0.05, 0.1) is 51.8 Å². The van der Waals surface area contributed by atoms with E-state index in [1.807, 2.05) is 45.7 Å². The first-order valence-electron chi connectivity index (χ1n) is 15.9. The summed E-state index contributed by atoms with van der Waals surface area (Å²) in [5.74, 6) is 2.48. The van der Waals surface area contributed by atoms with Crippen LogP contribution in [0.2, 0.25) is 0 Å². The van der Waals surface area contributed by atoms with Gasteiger partial charge in [-0.25, -0.2) is 4.39 Å². The Kier molecular flexibility index (Phi) is 14.0. The van der Waals surface area contributed by atoms with E-state index >= 15 is 0 Å². The van der Waals surface area contributed by atoms with Crippen LogP contribution in [0.15, 0.2) is 53.5 Å². The zero-order valence-electron chi connectivity index (χ0n) is 28.2. The Morgan fingerprint density at radius 1 is 0.848 bits per heavy atom. The topological polar surface area (TPSA) is 88.1 Å². The summed E-state index contributed by atoms with van der Waals surface area (Å²) < 4.78 is 48.3. The molecule has 0 bridgehead atoms. The molecule has 0 aliphatic carbocycles. The summed E-state index contributed by atoms with van der Waals surface area (Å²) in [6.45, 7) is 11.5. The minimum Gasteiger partial charge on any atom is -0.493 e. The number of halogens is 1. The highest BCUT2D eigenvalue weighted by atomic mass is 19.1. The number of hydrogen-bond acceptors (Lipinski definition) is 8. The molecule has 46 heavy (non-hydrogen) atoms. The molecule has 3 aromatic carbocycles. The van der Waals surface area contributed by atoms with Crippen LogP contribution < -0.4 is 28.4 Å². The highest BCUT2D eigenvalue weighted by molar-refractivity contribution is 6.03. The molecular formula is C36H47FN2O7. The van der Waals surface area contributed by atoms with Crippen LogP contribution in [0.4, 0.5) is 10.1 Å². The number of methoxy groups -OCH3 is 3. The number of fused-ring (bicyclic) bond motifs is 2. The maximum Gasteiger partial charge on any atom is 0.256 e. The largest absolute Gasteiger partial charge is 0.493 e. The van der Waals surface area contributed by atoms with E-state index in [0.29, 0.717) is 65.4 Å². The Balaban J connectivity index is 0.00000139. The van der Waals surface area contributed by atoms with Gasteiger partial charge in [-0.2, -0.15) is 0 Å². The summed E-state index contributed by atoms with van der Waals surface area (Å²) >= 11 is 0. The number of rotatable bonds is 12. The number of amides is 1. The van der Waals surface area contributed by atoms with Crippen molar-refractivity contribution in [3.63, 3.8) is 0 Å². The van der Waals surface area contributed by atoms with Crippen LogP contribution in [0.1, 0.15) is 64.2 Å². The van der Waals surface area contributed by atoms with Crippen LogP contribution in [-0.2, 0) is 0 Å². The van der Waals surface area contributed by atoms with Crippen molar-refractivity contribution in [3.8, 4) is 40.2 Å². The average molecular weight is 639 g/mol. The number of aliphatic imine (C=N–C) groups is 1. The standard InChI is InChI=1S/C32H35FN2O7.2C2H6/c1-20(19-41-22-7-9-27(25(33)14-22)42-23-8-10-28(37-2)29(15-23)38-3)11-13-40-31-17-26-24(16-30(31)39-4)32(36)35-12-5-6-21(35)18-34-26;2*1-2/h7-10,14-18,20-21H,5-6,11-13,19H2,1-4H3;2*1-2H3. The second-order valence-electron chi connectivity index (χ2n) is 10.3. The summed E-state index contributed by atoms with van der Waals surface area (Å²) in [5, 5.41) is 0. The van der Waals surface area contributed by atoms with Gasteiger partial charge in [0.2, 0.25) is 0 Å². The number of benzene rings is 3. The molecular weight excluding hydrogens is 591 g/mol. The third-order valence-electron chi connectivity index (χ3n) is 7.35. The molecule has 0 aromatic heterocycles. The van der Waals surface area contributed by atoms with Crippen molar-refractivity contribution >= 4 is 17.8 Å². The summed E-state index contributed by atoms with van der Waals surface area (Å²) in [4.78, 5) is 19.5. The monoisotopic (exact) mass is 638 g/mol. The third kappa shape index (κ3) is 8.83. The molecule has 10 heteroatoms. The summed E-state index contributed by atoms with van der Waals surface area (Å²) in [6.07, 6.45) is 4.44. The van der Waals surface area contributed by atoms with E-state index < -0.39 is 5.82 Å². The van der Waals surface area contributed by atoms with Crippen molar-refractivity contribution in [1.82, 2.24) is 4.90 Å². The second-order valence-corrected chi connectivity index (χ2v) is 10.3. The van der Waals surface area contributed by atoms with Crippen molar-refractivity contribution in [1.29, 1.82) is 0 Å². The number of ether oxygens (including phenoxy) is 6. The van der Waals surface area contributed by atoms with Crippen molar-refractivity contribution in [2.45, 2.75) is 59.9 Å². The lowest BCUT2D eigenvalue weighted by molar-refractivity contribution is 0.0774. The van der Waals surface area contributed by atoms with Gasteiger partial charge in [-0.05, 0) is 55.5 Å². The van der Waals surface area contributed by atoms with Gasteiger partial charge in [0.1, 0.15) is 11.5 Å². The van der Waals surface area contributed by atoms with Gasteiger partial charge < -0.3 is 33.3 Å². The van der Waals surface area contributed by atoms with E-state index in [2.05, 4.69) is 4.99 Å². The van der Waals surface area contributed by atoms with E-state index in [-0.39, 0.29) is 23.6 Å². The fraction of sp³-hybridized carbons (Fsp3) is 0.444. The first-order valence-corrected chi connectivity index (χ1v) is 15.9. The Morgan fingerprint density at radius 3 is 2.22 bits per heavy atom. The fourth-order valence-corrected chi connectivity index (χ4v) is 4.97. The highest BCUT2D eigenvalue weighted by Crippen LogP contribution is 2.38. The Labute approximate surface area is 272 Å². The predicted octanol–water partition coefficient (Wildman–Crippen LogP) is 8.50. The van der Waals surface area contributed by atoms with E-state index in [4.69, 9.17) is 28.4 Å². The molecule has 2 unspecified atom stereocenters. The molecule has 2 atom stereocenters. The predicted molar refractivity (Wildman–Crippen MR) is 179 cm³/mol. The molecule has 1 saturated heterocycles. The number of nitrogens with zero attached hydrogens (tertiary/aromatic N) is 2. The quantitative estimate of drug-likeness (QED) is 0.197. The minimum absolute atomic E-state index is 0.0300. The lowest BCUT2D eigenvalue weighted by Crippen LogP contribution is -2.35. The third-order valence-corrected chi connectivity index (χ3v) is 7.35. The van der Waals surface area contributed by atoms with Crippen LogP contribution in [0.25, 0.3) is 0 Å². The Hall–Kier alpha value is -4.47. The summed E-state index contributed by atoms with van der Waals surface area (Å²) in [7, 11) is 4.62. The summed E-state index contributed by atoms with van der Waals surface area (Å²) in [5.41, 5.74) is 1.11. The van der Waals surface area contributed by atoms with E-state index in [1.54, 1.807) is 50.6 Å². The second kappa shape index (κ2) is 17.9. The van der Waals surface area contributed by atoms with Gasteiger partial charge in [-0.15, -0.1) is 0 Å². The van der Waals surface area contributed by atoms with Crippen molar-refractivity contribution < 1.29 is 37.6 Å². The summed E-state index contributed by atoms with van der Waals surface area (Å²) in [6, 6.07) is 13.0. The van der Waals surface area contributed by atoms with Gasteiger partial charge in [0.15, 0.2) is 34.6 Å². The van der Waals surface area contributed by atoms with Crippen LogP contribution in [0, 0.1) is 11.7 Å². The molecule has 0 N–H and O–H groups in total. The maximum absolute atomic E-state index is 14.8. The maximum atomic E-state index is 14.8. The van der Waals surface area contributed by atoms with Crippen molar-refractivity contribution in [2.24, 2.45) is 10.9 Å². The minimum atomic E-state index is -0.546. The number of hydrogen-bond donors (Lipinski definition) is 0. The molecule has 0 saturated carbocycles. The normalized spacial score (nSPS) is 15.1. The molecule has 3 aromatic rings. The number of carbonyl (C=O) groups is 1. The van der Waals surface area contributed by atoms with Crippen LogP contribution in [-0.4, -0.2) is 64.2 Å². The molecule has 2 aliphatic rings. The SMILES string of the molecule is CC.CC.COc1ccc(Oc2ccc(OCC(C)CCOc3cc4c(cc3OC)C(=O)N3CCCC3C=N4)cc2F)cc1OC. The van der Waals surface area contributed by atoms with E-state index in [0.717, 1.165) is 19.4 Å². The van der Waals surface area contributed by atoms with Crippen LogP contribution in [0.3, 0.4) is 0 Å². The van der Waals surface area contributed by atoms with Gasteiger partial charge in [0, 0.05) is 31.0 Å². The average Bonchev–Trinajstić information content (AvgIpc) is 3.53. The van der Waals surface area contributed by atoms with E-state index in [9.17, 15) is 9.18 Å². The fourth-order valence-electron chi connectivity index (χ4n) is 4.97. The molecule has 1 amide bonds. The lowest BCUT2D eigenvalue weighted by atomic mass is 10.1. The van der Waals surface area contributed by atoms with Gasteiger partial charge >= 0.3 is 0 Å². The first-order chi connectivity index (χ1) is 22.4. The molecule has 0 spiro atoms. The van der Waals surface area contributed by atoms with Crippen molar-refractivity contribution in [2.75, 3.05) is 41.1 Å². The van der Waals surface area contributed by atoms with E-state index in [1.165, 1.54) is 19.2 Å². The molecule has 2 heterocycles. The molecule has 250 valence electrons. The van der Waals surface area contributed by atoms with Crippen LogP contribution >= 0.6 is 0 Å². The molecule has 5 rings (SSSR count). The van der Waals surface area contributed by atoms with Gasteiger partial charge in [-0.3, -0.25) is 9.79 Å². The molecule has 0 radical (unpaired) electrons. The smallest absolute Gasteiger partial charge is 0.256 e. The number of carbonyl (C=O) groups excluding carboxylic acids is 1. The van der Waals surface area contributed by atoms with Crippen LogP contribution in [0.5, 0.6) is 40.2 Å². The van der Waals surface area contributed by atoms with Crippen molar-refractivity contribution in [3.05, 3.63) is 59.9 Å². The molecule has 2 aliphatic heterocycles. The Bertz CT molecular complexity index is 1460. The molecule has 1 fully saturated rings. The molecule has 9 nitrogen and oxygen atoms in total. The first kappa shape index (κ1) is 36.0. The van der Waals surface area contributed by atoms with Gasteiger partial charge in [-0.1, -0.05) is 34.6 Å². The zero-order valence-corrected chi connectivity index (χ0v) is 28.2. The van der Waals surface area contributed by atoms with Gasteiger partial charge in [0.25, 0.3) is 5.91 Å².